The first-order valence-electron chi connectivity index (χ1n) is 10.4. The van der Waals surface area contributed by atoms with Gasteiger partial charge in [-0.2, -0.15) is 0 Å². The molecule has 164 valence electrons. The summed E-state index contributed by atoms with van der Waals surface area (Å²) >= 11 is 0. The Hall–Kier alpha value is -3.03. The molecule has 0 bridgehead atoms. The Morgan fingerprint density at radius 3 is 2.48 bits per heavy atom. The molecule has 2 heterocycles. The van der Waals surface area contributed by atoms with Gasteiger partial charge < -0.3 is 23.5 Å². The maximum atomic E-state index is 13.1. The van der Waals surface area contributed by atoms with E-state index in [-0.39, 0.29) is 5.43 Å². The van der Waals surface area contributed by atoms with Crippen LogP contribution in [0.15, 0.2) is 51.9 Å². The van der Waals surface area contributed by atoms with Gasteiger partial charge in [0, 0.05) is 38.8 Å². The van der Waals surface area contributed by atoms with Crippen molar-refractivity contribution in [3.05, 3.63) is 52.9 Å². The van der Waals surface area contributed by atoms with Crippen molar-refractivity contribution in [1.82, 2.24) is 9.80 Å². The molecule has 3 aromatic rings. The zero-order chi connectivity index (χ0) is 21.8. The van der Waals surface area contributed by atoms with Crippen molar-refractivity contribution < 1.29 is 18.6 Å². The molecular formula is C24H28N2O5. The largest absolute Gasteiger partial charge is 0.493 e. The number of hydrogen-bond acceptors (Lipinski definition) is 7. The fourth-order valence-corrected chi connectivity index (χ4v) is 3.77. The minimum Gasteiger partial charge on any atom is -0.493 e. The Labute approximate surface area is 181 Å². The molecule has 1 aliphatic rings. The Morgan fingerprint density at radius 2 is 1.74 bits per heavy atom. The minimum absolute atomic E-state index is 0.0996. The average molecular weight is 424 g/mol. The molecule has 0 aliphatic carbocycles. The lowest BCUT2D eigenvalue weighted by Gasteiger charge is -2.32. The van der Waals surface area contributed by atoms with Crippen LogP contribution in [0.2, 0.25) is 0 Å². The number of fused-ring (bicyclic) bond motifs is 1. The van der Waals surface area contributed by atoms with Crippen molar-refractivity contribution in [1.29, 1.82) is 0 Å². The summed E-state index contributed by atoms with van der Waals surface area (Å²) in [6.07, 6.45) is 1.49. The van der Waals surface area contributed by atoms with E-state index in [0.717, 1.165) is 32.7 Å². The molecule has 2 aromatic carbocycles. The Kier molecular flexibility index (Phi) is 6.44. The molecule has 1 aromatic heterocycles. The summed E-state index contributed by atoms with van der Waals surface area (Å²) < 4.78 is 22.3. The molecule has 1 saturated heterocycles. The highest BCUT2D eigenvalue weighted by Gasteiger charge is 2.15. The number of methoxy groups -OCH3 is 2. The van der Waals surface area contributed by atoms with E-state index in [0.29, 0.717) is 46.0 Å². The quantitative estimate of drug-likeness (QED) is 0.577. The molecule has 0 saturated carbocycles. The van der Waals surface area contributed by atoms with Gasteiger partial charge in [-0.15, -0.1) is 0 Å². The molecule has 0 N–H and O–H groups in total. The van der Waals surface area contributed by atoms with E-state index in [2.05, 4.69) is 16.8 Å². The number of ether oxygens (including phenoxy) is 3. The summed E-state index contributed by atoms with van der Waals surface area (Å²) in [7, 11) is 5.29. The summed E-state index contributed by atoms with van der Waals surface area (Å²) in [5, 5.41) is 0.513. The first kappa shape index (κ1) is 21.2. The fraction of sp³-hybridized carbons (Fsp3) is 0.375. The number of likely N-dealkylation sites (N-methyl/N-ethyl adjacent to an activating group) is 1. The van der Waals surface area contributed by atoms with Crippen LogP contribution >= 0.6 is 0 Å². The van der Waals surface area contributed by atoms with E-state index in [9.17, 15) is 4.79 Å². The number of piperazine rings is 1. The van der Waals surface area contributed by atoms with E-state index in [1.165, 1.54) is 6.26 Å². The summed E-state index contributed by atoms with van der Waals surface area (Å²) in [6, 6.07) is 10.7. The van der Waals surface area contributed by atoms with E-state index in [4.69, 9.17) is 18.6 Å². The third-order valence-electron chi connectivity index (χ3n) is 5.71. The number of nitrogens with zero attached hydrogens (tertiary/aromatic N) is 2. The first-order chi connectivity index (χ1) is 15.1. The second kappa shape index (κ2) is 9.41. The lowest BCUT2D eigenvalue weighted by Crippen LogP contribution is -2.45. The predicted octanol–water partition coefficient (Wildman–Crippen LogP) is 3.10. The van der Waals surface area contributed by atoms with Gasteiger partial charge in [0.05, 0.1) is 25.2 Å². The van der Waals surface area contributed by atoms with Gasteiger partial charge in [-0.1, -0.05) is 6.07 Å². The van der Waals surface area contributed by atoms with E-state index >= 15 is 0 Å². The molecule has 1 aliphatic heterocycles. The highest BCUT2D eigenvalue weighted by Crippen LogP contribution is 2.32. The zero-order valence-corrected chi connectivity index (χ0v) is 18.2. The van der Waals surface area contributed by atoms with Gasteiger partial charge in [-0.3, -0.25) is 9.69 Å². The van der Waals surface area contributed by atoms with Crippen LogP contribution < -0.4 is 19.6 Å². The van der Waals surface area contributed by atoms with Crippen LogP contribution in [0.5, 0.6) is 17.2 Å². The van der Waals surface area contributed by atoms with Crippen LogP contribution in [0.1, 0.15) is 0 Å². The minimum atomic E-state index is -0.0996. The molecular weight excluding hydrogens is 396 g/mol. The van der Waals surface area contributed by atoms with Gasteiger partial charge in [0.25, 0.3) is 0 Å². The van der Waals surface area contributed by atoms with Crippen LogP contribution in [-0.4, -0.2) is 70.4 Å². The number of hydrogen-bond donors (Lipinski definition) is 0. The molecule has 0 spiro atoms. The molecule has 7 heteroatoms. The van der Waals surface area contributed by atoms with Crippen LogP contribution in [0.3, 0.4) is 0 Å². The van der Waals surface area contributed by atoms with Crippen molar-refractivity contribution in [2.45, 2.75) is 0 Å². The predicted molar refractivity (Wildman–Crippen MR) is 120 cm³/mol. The third-order valence-corrected chi connectivity index (χ3v) is 5.71. The van der Waals surface area contributed by atoms with E-state index < -0.39 is 0 Å². The zero-order valence-electron chi connectivity index (χ0n) is 18.2. The van der Waals surface area contributed by atoms with Crippen LogP contribution in [-0.2, 0) is 0 Å². The number of rotatable bonds is 7. The fourth-order valence-electron chi connectivity index (χ4n) is 3.77. The normalized spacial score (nSPS) is 15.2. The Bertz CT molecular complexity index is 1100. The maximum absolute atomic E-state index is 13.1. The van der Waals surface area contributed by atoms with Gasteiger partial charge in [-0.25, -0.2) is 0 Å². The third kappa shape index (κ3) is 4.68. The molecule has 0 unspecified atom stereocenters. The van der Waals surface area contributed by atoms with Crippen molar-refractivity contribution in [2.24, 2.45) is 0 Å². The lowest BCUT2D eigenvalue weighted by molar-refractivity contribution is 0.134. The summed E-state index contributed by atoms with van der Waals surface area (Å²) in [6.45, 7) is 5.78. The lowest BCUT2D eigenvalue weighted by atomic mass is 10.0. The van der Waals surface area contributed by atoms with Crippen molar-refractivity contribution in [2.75, 3.05) is 60.6 Å². The Morgan fingerprint density at radius 1 is 0.968 bits per heavy atom. The summed E-state index contributed by atoms with van der Waals surface area (Å²) in [5.41, 5.74) is 1.58. The Balaban J connectivity index is 1.50. The van der Waals surface area contributed by atoms with Crippen LogP contribution in [0, 0.1) is 0 Å². The van der Waals surface area contributed by atoms with Gasteiger partial charge in [0.2, 0.25) is 0 Å². The first-order valence-corrected chi connectivity index (χ1v) is 10.4. The summed E-state index contributed by atoms with van der Waals surface area (Å²) in [5.74, 6) is 1.86. The topological polar surface area (TPSA) is 64.4 Å². The monoisotopic (exact) mass is 424 g/mol. The second-order valence-electron chi connectivity index (χ2n) is 7.70. The van der Waals surface area contributed by atoms with Gasteiger partial charge >= 0.3 is 0 Å². The molecule has 4 rings (SSSR count). The molecule has 0 atom stereocenters. The second-order valence-corrected chi connectivity index (χ2v) is 7.70. The number of benzene rings is 2. The van der Waals surface area contributed by atoms with E-state index in [1.54, 1.807) is 38.5 Å². The average Bonchev–Trinajstić information content (AvgIpc) is 2.80. The van der Waals surface area contributed by atoms with E-state index in [1.807, 2.05) is 12.1 Å². The highest BCUT2D eigenvalue weighted by atomic mass is 16.5. The molecule has 0 radical (unpaired) electrons. The molecule has 31 heavy (non-hydrogen) atoms. The van der Waals surface area contributed by atoms with Gasteiger partial charge in [-0.05, 0) is 36.9 Å². The highest BCUT2D eigenvalue weighted by molar-refractivity contribution is 5.83. The van der Waals surface area contributed by atoms with Gasteiger partial charge in [0.1, 0.15) is 24.2 Å². The molecule has 1 fully saturated rings. The van der Waals surface area contributed by atoms with Crippen LogP contribution in [0.25, 0.3) is 22.1 Å². The molecule has 0 amide bonds. The van der Waals surface area contributed by atoms with Crippen molar-refractivity contribution in [3.8, 4) is 28.4 Å². The maximum Gasteiger partial charge on any atom is 0.200 e. The standard InChI is InChI=1S/C24H28N2O5/c1-25-8-10-26(11-9-25)12-13-30-18-5-6-19-22(15-18)31-16-20(24(19)27)17-4-7-21(28-2)23(14-17)29-3/h4-7,14-16H,8-13H2,1-3H3. The summed E-state index contributed by atoms with van der Waals surface area (Å²) in [4.78, 5) is 17.8. The SMILES string of the molecule is COc1ccc(-c2coc3cc(OCCN4CCN(C)CC4)ccc3c2=O)cc1OC. The van der Waals surface area contributed by atoms with Crippen LogP contribution in [0.4, 0.5) is 0 Å². The van der Waals surface area contributed by atoms with Crippen molar-refractivity contribution in [3.63, 3.8) is 0 Å². The smallest absolute Gasteiger partial charge is 0.200 e. The molecule has 7 nitrogen and oxygen atoms in total. The van der Waals surface area contributed by atoms with Gasteiger partial charge in [0.15, 0.2) is 16.9 Å². The van der Waals surface area contributed by atoms with Crippen molar-refractivity contribution >= 4 is 11.0 Å².